The quantitative estimate of drug-likeness (QED) is 0.735. The van der Waals surface area contributed by atoms with Crippen LogP contribution in [0.15, 0.2) is 48.5 Å². The van der Waals surface area contributed by atoms with Gasteiger partial charge in [-0.25, -0.2) is 0 Å². The second-order valence-electron chi connectivity index (χ2n) is 5.24. The molecule has 0 bridgehead atoms. The van der Waals surface area contributed by atoms with Crippen molar-refractivity contribution >= 4 is 18.7 Å². The van der Waals surface area contributed by atoms with Crippen LogP contribution in [0.5, 0.6) is 11.5 Å². The van der Waals surface area contributed by atoms with E-state index in [4.69, 9.17) is 13.9 Å². The average molecular weight is 316 g/mol. The average Bonchev–Trinajstić information content (AvgIpc) is 2.60. The fraction of sp³-hybridized carbons (Fsp3) is 0.333. The Bertz CT molecular complexity index is 531. The molecule has 0 atom stereocenters. The molecule has 0 aliphatic heterocycles. The molecule has 2 aromatic carbocycles. The van der Waals surface area contributed by atoms with Crippen LogP contribution in [0, 0.1) is 0 Å². The first-order valence-electron chi connectivity index (χ1n) is 7.54. The summed E-state index contributed by atoms with van der Waals surface area (Å²) in [7, 11) is 3.00. The molecule has 0 fully saturated rings. The van der Waals surface area contributed by atoms with Gasteiger partial charge in [0, 0.05) is 7.11 Å². The van der Waals surface area contributed by atoms with Crippen molar-refractivity contribution in [3.63, 3.8) is 0 Å². The lowest BCUT2D eigenvalue weighted by molar-refractivity contribution is 0.411. The topological polar surface area (TPSA) is 27.7 Å². The van der Waals surface area contributed by atoms with Crippen LogP contribution in [0.4, 0.5) is 0 Å². The van der Waals surface area contributed by atoms with E-state index in [9.17, 15) is 0 Å². The fourth-order valence-corrected chi connectivity index (χ4v) is 6.57. The third-order valence-corrected chi connectivity index (χ3v) is 8.50. The molecule has 0 saturated carbocycles. The highest BCUT2D eigenvalue weighted by atomic mass is 28.4. The highest BCUT2D eigenvalue weighted by Crippen LogP contribution is 2.18. The van der Waals surface area contributed by atoms with Crippen molar-refractivity contribution in [2.75, 3.05) is 21.3 Å². The van der Waals surface area contributed by atoms with Gasteiger partial charge in [-0.2, -0.15) is 0 Å². The number of methoxy groups -OCH3 is 2. The zero-order chi connectivity index (χ0) is 16.0. The van der Waals surface area contributed by atoms with Crippen LogP contribution in [-0.4, -0.2) is 29.6 Å². The van der Waals surface area contributed by atoms with Crippen LogP contribution in [0.2, 0.25) is 6.04 Å². The van der Waals surface area contributed by atoms with Gasteiger partial charge in [-0.15, -0.1) is 0 Å². The van der Waals surface area contributed by atoms with Gasteiger partial charge in [-0.3, -0.25) is 0 Å². The van der Waals surface area contributed by atoms with E-state index in [1.165, 1.54) is 10.4 Å². The summed E-state index contributed by atoms with van der Waals surface area (Å²) in [5.41, 5.74) is 0. The van der Waals surface area contributed by atoms with Crippen LogP contribution in [-0.2, 0) is 4.43 Å². The van der Waals surface area contributed by atoms with E-state index < -0.39 is 8.32 Å². The maximum atomic E-state index is 6.15. The van der Waals surface area contributed by atoms with E-state index in [1.807, 2.05) is 31.4 Å². The van der Waals surface area contributed by atoms with Gasteiger partial charge in [0.2, 0.25) is 0 Å². The van der Waals surface area contributed by atoms with Crippen LogP contribution in [0.1, 0.15) is 13.3 Å². The van der Waals surface area contributed by atoms with Gasteiger partial charge in [0.15, 0.2) is 0 Å². The molecule has 0 aromatic heterocycles. The summed E-state index contributed by atoms with van der Waals surface area (Å²) < 4.78 is 16.7. The monoisotopic (exact) mass is 316 g/mol. The molecule has 0 spiro atoms. The molecule has 2 aromatic rings. The molecule has 0 aliphatic rings. The molecular weight excluding hydrogens is 292 g/mol. The third kappa shape index (κ3) is 3.18. The summed E-state index contributed by atoms with van der Waals surface area (Å²) in [6.07, 6.45) is 1.08. The summed E-state index contributed by atoms with van der Waals surface area (Å²) in [6, 6.07) is 17.6. The predicted octanol–water partition coefficient (Wildman–Crippen LogP) is 2.82. The van der Waals surface area contributed by atoms with Crippen LogP contribution >= 0.6 is 0 Å². The van der Waals surface area contributed by atoms with Gasteiger partial charge in [-0.05, 0) is 40.7 Å². The lowest BCUT2D eigenvalue weighted by Crippen LogP contribution is -2.60. The minimum Gasteiger partial charge on any atom is -0.497 e. The summed E-state index contributed by atoms with van der Waals surface area (Å²) in [4.78, 5) is 0. The Kier molecular flexibility index (Phi) is 5.63. The van der Waals surface area contributed by atoms with Crippen molar-refractivity contribution in [3.8, 4) is 11.5 Å². The Morgan fingerprint density at radius 3 is 1.41 bits per heavy atom. The Morgan fingerprint density at radius 1 is 0.727 bits per heavy atom. The third-order valence-electron chi connectivity index (χ3n) is 4.06. The molecule has 2 rings (SSSR count). The van der Waals surface area contributed by atoms with Gasteiger partial charge in [0.05, 0.1) is 14.2 Å². The van der Waals surface area contributed by atoms with Crippen LogP contribution in [0.25, 0.3) is 0 Å². The molecule has 0 amide bonds. The van der Waals surface area contributed by atoms with Crippen molar-refractivity contribution in [1.82, 2.24) is 0 Å². The van der Waals surface area contributed by atoms with Gasteiger partial charge >= 0.3 is 0 Å². The number of ether oxygens (including phenoxy) is 2. The van der Waals surface area contributed by atoms with E-state index in [2.05, 4.69) is 31.2 Å². The molecule has 0 saturated heterocycles. The molecule has 3 nitrogen and oxygen atoms in total. The molecule has 118 valence electrons. The Morgan fingerprint density at radius 2 is 1.14 bits per heavy atom. The van der Waals surface area contributed by atoms with Crippen LogP contribution < -0.4 is 19.8 Å². The molecule has 22 heavy (non-hydrogen) atoms. The van der Waals surface area contributed by atoms with Gasteiger partial charge in [0.25, 0.3) is 8.32 Å². The molecule has 0 N–H and O–H groups in total. The van der Waals surface area contributed by atoms with Crippen molar-refractivity contribution in [3.05, 3.63) is 48.5 Å². The van der Waals surface area contributed by atoms with Gasteiger partial charge in [-0.1, -0.05) is 37.6 Å². The van der Waals surface area contributed by atoms with E-state index in [1.54, 1.807) is 14.2 Å². The van der Waals surface area contributed by atoms with Gasteiger partial charge in [0.1, 0.15) is 11.5 Å². The minimum atomic E-state index is -2.20. The molecule has 0 heterocycles. The SMILES string of the molecule is CCC[Si](OC)(c1ccc(OC)cc1)c1ccc(OC)cc1. The smallest absolute Gasteiger partial charge is 0.255 e. The highest BCUT2D eigenvalue weighted by molar-refractivity contribution is 6.97. The van der Waals surface area contributed by atoms with Crippen molar-refractivity contribution in [1.29, 1.82) is 0 Å². The number of hydrogen-bond acceptors (Lipinski definition) is 3. The van der Waals surface area contributed by atoms with E-state index in [-0.39, 0.29) is 0 Å². The van der Waals surface area contributed by atoms with E-state index in [0.717, 1.165) is 24.0 Å². The highest BCUT2D eigenvalue weighted by Gasteiger charge is 2.37. The van der Waals surface area contributed by atoms with E-state index >= 15 is 0 Å². The lowest BCUT2D eigenvalue weighted by Gasteiger charge is -2.30. The van der Waals surface area contributed by atoms with E-state index in [0.29, 0.717) is 0 Å². The summed E-state index contributed by atoms with van der Waals surface area (Å²) in [5.74, 6) is 1.74. The largest absolute Gasteiger partial charge is 0.497 e. The Hall–Kier alpha value is -1.78. The van der Waals surface area contributed by atoms with Crippen molar-refractivity contribution < 1.29 is 13.9 Å². The minimum absolute atomic E-state index is 0.869. The Labute approximate surface area is 134 Å². The second kappa shape index (κ2) is 7.47. The zero-order valence-electron chi connectivity index (χ0n) is 13.8. The molecule has 0 aliphatic carbocycles. The molecule has 0 unspecified atom stereocenters. The van der Waals surface area contributed by atoms with Crippen molar-refractivity contribution in [2.24, 2.45) is 0 Å². The maximum Gasteiger partial charge on any atom is 0.255 e. The number of rotatable bonds is 7. The lowest BCUT2D eigenvalue weighted by atomic mass is 10.3. The number of hydrogen-bond donors (Lipinski definition) is 0. The second-order valence-corrected chi connectivity index (χ2v) is 8.96. The Balaban J connectivity index is 2.49. The first kappa shape index (κ1) is 16.6. The fourth-order valence-electron chi connectivity index (χ4n) is 2.87. The molecule has 0 radical (unpaired) electrons. The maximum absolute atomic E-state index is 6.15. The molecule has 4 heteroatoms. The number of benzene rings is 2. The van der Waals surface area contributed by atoms with Crippen LogP contribution in [0.3, 0.4) is 0 Å². The summed E-state index contributed by atoms with van der Waals surface area (Å²) in [6.45, 7) is 2.20. The zero-order valence-corrected chi connectivity index (χ0v) is 14.8. The first-order chi connectivity index (χ1) is 10.7. The van der Waals surface area contributed by atoms with Crippen molar-refractivity contribution in [2.45, 2.75) is 19.4 Å². The normalized spacial score (nSPS) is 11.3. The predicted molar refractivity (Wildman–Crippen MR) is 93.1 cm³/mol. The summed E-state index contributed by atoms with van der Waals surface area (Å²) in [5, 5.41) is 2.53. The first-order valence-corrected chi connectivity index (χ1v) is 9.66. The summed E-state index contributed by atoms with van der Waals surface area (Å²) >= 11 is 0. The molecular formula is C18H24O3Si. The van der Waals surface area contributed by atoms with Gasteiger partial charge < -0.3 is 13.9 Å². The standard InChI is InChI=1S/C18H24O3Si/c1-5-14-22(21-4,17-10-6-15(19-2)7-11-17)18-12-8-16(20-3)9-13-18/h6-13H,5,14H2,1-4H3.